The molecule has 0 atom stereocenters. The van der Waals surface area contributed by atoms with Gasteiger partial charge in [0.15, 0.2) is 0 Å². The fourth-order valence-electron chi connectivity index (χ4n) is 4.56. The third-order valence-corrected chi connectivity index (χ3v) is 14.3. The van der Waals surface area contributed by atoms with Gasteiger partial charge in [0.2, 0.25) is 0 Å². The van der Waals surface area contributed by atoms with E-state index in [9.17, 15) is 0 Å². The molecule has 0 radical (unpaired) electrons. The van der Waals surface area contributed by atoms with Crippen LogP contribution in [0.2, 0.25) is 10.5 Å². The van der Waals surface area contributed by atoms with Crippen molar-refractivity contribution in [2.75, 3.05) is 39.3 Å². The molecule has 0 aromatic heterocycles. The van der Waals surface area contributed by atoms with Crippen LogP contribution < -0.4 is 20.6 Å². The van der Waals surface area contributed by atoms with E-state index in [4.69, 9.17) is 9.96 Å². The molecule has 3 aromatic carbocycles. The molecule has 0 unspecified atom stereocenters. The number of hydrogen-bond acceptors (Lipinski definition) is 6. The molecule has 1 aliphatic rings. The van der Waals surface area contributed by atoms with Gasteiger partial charge in [-0.15, -0.1) is 37.2 Å². The average molecular weight is 595 g/mol. The van der Waals surface area contributed by atoms with Crippen molar-refractivity contribution >= 4 is 37.2 Å². The van der Waals surface area contributed by atoms with E-state index in [1.54, 1.807) is 0 Å². The van der Waals surface area contributed by atoms with Gasteiger partial charge in [-0.1, -0.05) is 0 Å². The van der Waals surface area contributed by atoms with E-state index in [2.05, 4.69) is 24.5 Å². The number of halogens is 3. The van der Waals surface area contributed by atoms with E-state index >= 15 is 0 Å². The summed E-state index contributed by atoms with van der Waals surface area (Å²) < 4.78 is 23.5. The van der Waals surface area contributed by atoms with Crippen LogP contribution in [-0.4, -0.2) is 42.7 Å². The molecule has 0 spiro atoms. The van der Waals surface area contributed by atoms with Crippen LogP contribution in [0.1, 0.15) is 0 Å². The number of hydrogen-bond donors (Lipinski definition) is 2. The first-order chi connectivity index (χ1) is 15.9. The first-order valence-electron chi connectivity index (χ1n) is 11.7. The van der Waals surface area contributed by atoms with Gasteiger partial charge in [0.05, 0.1) is 0 Å². The van der Waals surface area contributed by atoms with Crippen molar-refractivity contribution in [1.82, 2.24) is 14.0 Å². The molecule has 1 aliphatic heterocycles. The maximum absolute atomic E-state index is 7.08. The SMILES string of the molecule is Cl.Cl.Cl.[CH3][Ti]([CH3])([O]c1ccccc1)([O]c1ccccc1)([O]c1ccccc1)[N]1CCNCCNCC1. The Morgan fingerprint density at radius 1 is 0.528 bits per heavy atom. The predicted molar refractivity (Wildman–Crippen MR) is 152 cm³/mol. The zero-order valence-electron chi connectivity index (χ0n) is 20.8. The maximum atomic E-state index is 7.08. The zero-order valence-corrected chi connectivity index (χ0v) is 24.8. The Labute approximate surface area is 233 Å². The molecule has 1 heterocycles. The van der Waals surface area contributed by atoms with Crippen molar-refractivity contribution < 1.29 is 25.4 Å². The molecule has 6 nitrogen and oxygen atoms in total. The summed E-state index contributed by atoms with van der Waals surface area (Å²) in [6, 6.07) is 29.6. The molecule has 0 aliphatic carbocycles. The van der Waals surface area contributed by atoms with E-state index < -0.39 is 15.4 Å². The molecular weight excluding hydrogens is 557 g/mol. The van der Waals surface area contributed by atoms with Gasteiger partial charge in [-0.2, -0.15) is 0 Å². The molecule has 1 saturated heterocycles. The summed E-state index contributed by atoms with van der Waals surface area (Å²) in [5.41, 5.74) is 0. The van der Waals surface area contributed by atoms with E-state index in [1.807, 2.05) is 91.0 Å². The van der Waals surface area contributed by atoms with E-state index in [-0.39, 0.29) is 37.2 Å². The summed E-state index contributed by atoms with van der Waals surface area (Å²) in [5.74, 6) is 2.17. The number of rotatable bonds is 7. The molecule has 200 valence electrons. The predicted octanol–water partition coefficient (Wildman–Crippen LogP) is 5.97. The Morgan fingerprint density at radius 2 is 0.833 bits per heavy atom. The molecule has 36 heavy (non-hydrogen) atoms. The Balaban J connectivity index is 0.00000216. The van der Waals surface area contributed by atoms with Gasteiger partial charge in [0.1, 0.15) is 0 Å². The second-order valence-corrected chi connectivity index (χ2v) is 19.8. The summed E-state index contributed by atoms with van der Waals surface area (Å²) in [7, 11) is 0. The van der Waals surface area contributed by atoms with Crippen LogP contribution in [0.5, 0.6) is 17.2 Å². The van der Waals surface area contributed by atoms with Crippen molar-refractivity contribution in [2.45, 2.75) is 10.5 Å². The minimum absolute atomic E-state index is 0. The minimum atomic E-state index is -5.54. The number of nitrogens with one attached hydrogen (secondary N) is 2. The van der Waals surface area contributed by atoms with Crippen molar-refractivity contribution in [1.29, 1.82) is 0 Å². The summed E-state index contributed by atoms with van der Waals surface area (Å²) in [4.78, 5) is 0. The van der Waals surface area contributed by atoms with Crippen molar-refractivity contribution in [2.24, 2.45) is 0 Å². The second-order valence-electron chi connectivity index (χ2n) is 9.43. The third kappa shape index (κ3) is 7.76. The quantitative estimate of drug-likeness (QED) is 0.329. The molecule has 0 saturated carbocycles. The monoisotopic (exact) mass is 593 g/mol. The van der Waals surface area contributed by atoms with Crippen LogP contribution in [0.4, 0.5) is 0 Å². The van der Waals surface area contributed by atoms with Crippen LogP contribution in [0, 0.1) is 0 Å². The normalized spacial score (nSPS) is 16.5. The summed E-state index contributed by atoms with van der Waals surface area (Å²) >= 11 is -5.54. The van der Waals surface area contributed by atoms with Gasteiger partial charge in [-0.3, -0.25) is 0 Å². The first-order valence-corrected chi connectivity index (χ1v) is 17.5. The molecule has 0 amide bonds. The van der Waals surface area contributed by atoms with Gasteiger partial charge in [-0.25, -0.2) is 0 Å². The van der Waals surface area contributed by atoms with Gasteiger partial charge >= 0.3 is 197 Å². The Bertz CT molecular complexity index is 926. The van der Waals surface area contributed by atoms with Crippen LogP contribution in [0.25, 0.3) is 0 Å². The van der Waals surface area contributed by atoms with E-state index in [1.165, 1.54) is 0 Å². The van der Waals surface area contributed by atoms with Gasteiger partial charge < -0.3 is 0 Å². The van der Waals surface area contributed by atoms with Crippen LogP contribution in [-0.2, 0) is 15.4 Å². The Morgan fingerprint density at radius 3 is 1.14 bits per heavy atom. The van der Waals surface area contributed by atoms with E-state index in [0.717, 1.165) is 56.5 Å². The summed E-state index contributed by atoms with van der Waals surface area (Å²) in [6.45, 7) is 4.91. The number of nitrogens with zero attached hydrogens (tertiary/aromatic N) is 1. The fourth-order valence-corrected chi connectivity index (χ4v) is 12.2. The molecule has 0 bridgehead atoms. The molecule has 4 rings (SSSR count). The third-order valence-electron chi connectivity index (χ3n) is 6.20. The summed E-state index contributed by atoms with van der Waals surface area (Å²) in [6.07, 6.45) is 0. The van der Waals surface area contributed by atoms with Crippen molar-refractivity contribution in [3.8, 4) is 17.2 Å². The number of benzene rings is 3. The molecule has 2 N–H and O–H groups in total. The standard InChI is InChI=1S/C6H14N3.3C6H6O.2CH3.3ClH.Ti/c1-2-8-5-6-9-4-3-7-1;3*7-6-4-2-1-3-5-6;;;;;;/h7-8H,1-6H2;3*1-5,7H;2*1H3;3*1H;/q-1;;;;;;;;;+4/p-3. The zero-order chi connectivity index (χ0) is 23.1. The first kappa shape index (κ1) is 32.6. The van der Waals surface area contributed by atoms with Gasteiger partial charge in [-0.05, 0) is 0 Å². The fraction of sp³-hybridized carbons (Fsp3) is 0.308. The van der Waals surface area contributed by atoms with Crippen LogP contribution in [0.15, 0.2) is 91.0 Å². The van der Waals surface area contributed by atoms with Crippen molar-refractivity contribution in [3.05, 3.63) is 91.0 Å². The van der Waals surface area contributed by atoms with Crippen LogP contribution in [0.3, 0.4) is 0 Å². The van der Waals surface area contributed by atoms with E-state index in [0.29, 0.717) is 0 Å². The molecule has 1 fully saturated rings. The number of para-hydroxylation sites is 3. The average Bonchev–Trinajstić information content (AvgIpc) is 2.95. The van der Waals surface area contributed by atoms with Gasteiger partial charge in [0, 0.05) is 0 Å². The topological polar surface area (TPSA) is 55.0 Å². The second kappa shape index (κ2) is 13.4. The molecular formula is C26H38Cl3N3O3Ti. The van der Waals surface area contributed by atoms with Crippen LogP contribution >= 0.6 is 37.2 Å². The summed E-state index contributed by atoms with van der Waals surface area (Å²) in [5, 5.41) is 11.2. The van der Waals surface area contributed by atoms with Gasteiger partial charge in [0.25, 0.3) is 0 Å². The molecule has 10 heteroatoms. The Hall–Kier alpha value is -1.48. The Kier molecular flexibility index (Phi) is 12.1. The van der Waals surface area contributed by atoms with Crippen molar-refractivity contribution in [3.63, 3.8) is 0 Å². The molecule has 3 aromatic rings.